The van der Waals surface area contributed by atoms with Crippen molar-refractivity contribution >= 4 is 0 Å². The van der Waals surface area contributed by atoms with Gasteiger partial charge in [-0.05, 0) is 62.1 Å². The van der Waals surface area contributed by atoms with E-state index in [2.05, 4.69) is 4.74 Å². The van der Waals surface area contributed by atoms with Crippen molar-refractivity contribution in [1.29, 1.82) is 0 Å². The number of hydrogen-bond acceptors (Lipinski definition) is 3. The molecule has 0 N–H and O–H groups in total. The van der Waals surface area contributed by atoms with Gasteiger partial charge in [0.15, 0.2) is 29.7 Å². The van der Waals surface area contributed by atoms with Crippen LogP contribution in [0, 0.1) is 37.1 Å². The van der Waals surface area contributed by atoms with E-state index in [1.165, 1.54) is 31.2 Å². The van der Waals surface area contributed by atoms with Gasteiger partial charge in [-0.3, -0.25) is 0 Å². The van der Waals surface area contributed by atoms with Crippen molar-refractivity contribution in [3.05, 3.63) is 88.5 Å². The molecule has 0 radical (unpaired) electrons. The maximum absolute atomic E-state index is 14.3. The van der Waals surface area contributed by atoms with Gasteiger partial charge in [-0.1, -0.05) is 29.8 Å². The van der Waals surface area contributed by atoms with E-state index in [0.717, 1.165) is 17.7 Å². The first kappa shape index (κ1) is 25.3. The Balaban J connectivity index is 1.54. The van der Waals surface area contributed by atoms with Crippen LogP contribution in [0.15, 0.2) is 48.5 Å². The molecule has 0 aliphatic heterocycles. The standard InChI is InChI=1S/C25H22F6O3/c1-15-5-9-18(10-6-15)34-25(30,31)14-33-20-12-11-19(23(28)24(20)29)32-13-3-4-17-8-7-16(2)21(26)22(17)27/h5-12H,3-4,13-14H2,1-2H3. The van der Waals surface area contributed by atoms with Gasteiger partial charge in [-0.2, -0.15) is 17.6 Å². The maximum Gasteiger partial charge on any atom is 0.432 e. The third kappa shape index (κ3) is 6.36. The molecular weight excluding hydrogens is 462 g/mol. The molecule has 3 aromatic carbocycles. The number of rotatable bonds is 10. The second-order valence-electron chi connectivity index (χ2n) is 7.65. The van der Waals surface area contributed by atoms with E-state index in [4.69, 9.17) is 9.47 Å². The summed E-state index contributed by atoms with van der Waals surface area (Å²) < 4.78 is 98.4. The lowest BCUT2D eigenvalue weighted by molar-refractivity contribution is -0.195. The van der Waals surface area contributed by atoms with Crippen molar-refractivity contribution in [3.8, 4) is 17.2 Å². The van der Waals surface area contributed by atoms with E-state index in [9.17, 15) is 26.3 Å². The zero-order chi connectivity index (χ0) is 24.9. The smallest absolute Gasteiger partial charge is 0.432 e. The molecule has 0 bridgehead atoms. The molecule has 3 aromatic rings. The quantitative estimate of drug-likeness (QED) is 0.231. The second kappa shape index (κ2) is 10.7. The molecule has 0 amide bonds. The number of halogens is 6. The van der Waals surface area contributed by atoms with Gasteiger partial charge in [0, 0.05) is 0 Å². The Kier molecular flexibility index (Phi) is 7.96. The van der Waals surface area contributed by atoms with Crippen molar-refractivity contribution in [3.63, 3.8) is 0 Å². The lowest BCUT2D eigenvalue weighted by Gasteiger charge is -2.19. The highest BCUT2D eigenvalue weighted by Gasteiger charge is 2.34. The summed E-state index contributed by atoms with van der Waals surface area (Å²) in [6.45, 7) is 1.75. The first-order chi connectivity index (χ1) is 16.1. The van der Waals surface area contributed by atoms with Gasteiger partial charge in [0.2, 0.25) is 11.6 Å². The predicted octanol–water partition coefficient (Wildman–Crippen LogP) is 6.92. The van der Waals surface area contributed by atoms with Crippen molar-refractivity contribution in [1.82, 2.24) is 0 Å². The molecule has 182 valence electrons. The summed E-state index contributed by atoms with van der Waals surface area (Å²) in [5, 5.41) is 0. The van der Waals surface area contributed by atoms with Gasteiger partial charge in [-0.25, -0.2) is 8.78 Å². The number of hydrogen-bond donors (Lipinski definition) is 0. The van der Waals surface area contributed by atoms with Crippen LogP contribution in [0.5, 0.6) is 17.2 Å². The Morgan fingerprint density at radius 1 is 0.706 bits per heavy atom. The van der Waals surface area contributed by atoms with Crippen LogP contribution in [-0.2, 0) is 6.42 Å². The van der Waals surface area contributed by atoms with Gasteiger partial charge in [0.25, 0.3) is 0 Å². The van der Waals surface area contributed by atoms with Crippen LogP contribution in [-0.4, -0.2) is 19.3 Å². The fraction of sp³-hybridized carbons (Fsp3) is 0.280. The summed E-state index contributed by atoms with van der Waals surface area (Å²) >= 11 is 0. The Labute approximate surface area is 192 Å². The minimum atomic E-state index is -3.79. The Hall–Kier alpha value is -3.36. The average molecular weight is 484 g/mol. The topological polar surface area (TPSA) is 27.7 Å². The predicted molar refractivity (Wildman–Crippen MR) is 114 cm³/mol. The maximum atomic E-state index is 14.3. The first-order valence-corrected chi connectivity index (χ1v) is 10.4. The third-order valence-electron chi connectivity index (χ3n) is 4.90. The van der Waals surface area contributed by atoms with E-state index in [-0.39, 0.29) is 36.3 Å². The highest BCUT2D eigenvalue weighted by molar-refractivity contribution is 5.35. The molecule has 0 atom stereocenters. The highest BCUT2D eigenvalue weighted by atomic mass is 19.3. The zero-order valence-corrected chi connectivity index (χ0v) is 18.4. The molecule has 3 nitrogen and oxygen atoms in total. The van der Waals surface area contributed by atoms with Gasteiger partial charge >= 0.3 is 6.11 Å². The molecular formula is C25H22F6O3. The molecule has 0 heterocycles. The van der Waals surface area contributed by atoms with Crippen LogP contribution in [0.1, 0.15) is 23.1 Å². The molecule has 34 heavy (non-hydrogen) atoms. The molecule has 9 heteroatoms. The first-order valence-electron chi connectivity index (χ1n) is 10.4. The van der Waals surface area contributed by atoms with Crippen molar-refractivity contribution in [2.45, 2.75) is 32.8 Å². The minimum absolute atomic E-state index is 0.108. The van der Waals surface area contributed by atoms with Crippen molar-refractivity contribution < 1.29 is 40.6 Å². The van der Waals surface area contributed by atoms with Crippen LogP contribution in [0.3, 0.4) is 0 Å². The lowest BCUT2D eigenvalue weighted by atomic mass is 10.1. The fourth-order valence-electron chi connectivity index (χ4n) is 3.03. The molecule has 0 spiro atoms. The summed E-state index contributed by atoms with van der Waals surface area (Å²) in [5.74, 6) is -6.14. The van der Waals surface area contributed by atoms with Crippen LogP contribution < -0.4 is 14.2 Å². The van der Waals surface area contributed by atoms with Gasteiger partial charge in [0.05, 0.1) is 6.61 Å². The monoisotopic (exact) mass is 484 g/mol. The molecule has 0 aliphatic rings. The van der Waals surface area contributed by atoms with Crippen LogP contribution >= 0.6 is 0 Å². The second-order valence-corrected chi connectivity index (χ2v) is 7.65. The Bertz CT molecular complexity index is 1130. The molecule has 0 aromatic heterocycles. The molecule has 3 rings (SSSR count). The van der Waals surface area contributed by atoms with E-state index in [0.29, 0.717) is 0 Å². The Morgan fingerprint density at radius 2 is 1.32 bits per heavy atom. The summed E-state index contributed by atoms with van der Waals surface area (Å²) in [4.78, 5) is 0. The van der Waals surface area contributed by atoms with Gasteiger partial charge in [0.1, 0.15) is 5.75 Å². The van der Waals surface area contributed by atoms with E-state index in [1.807, 2.05) is 0 Å². The van der Waals surface area contributed by atoms with E-state index in [1.54, 1.807) is 19.1 Å². The number of alkyl halides is 2. The number of benzene rings is 3. The third-order valence-corrected chi connectivity index (χ3v) is 4.90. The fourth-order valence-corrected chi connectivity index (χ4v) is 3.03. The van der Waals surface area contributed by atoms with Crippen molar-refractivity contribution in [2.75, 3.05) is 13.2 Å². The summed E-state index contributed by atoms with van der Waals surface area (Å²) in [7, 11) is 0. The highest BCUT2D eigenvalue weighted by Crippen LogP contribution is 2.30. The zero-order valence-electron chi connectivity index (χ0n) is 18.4. The normalized spacial score (nSPS) is 11.4. The molecule has 0 fully saturated rings. The van der Waals surface area contributed by atoms with Crippen LogP contribution in [0.4, 0.5) is 26.3 Å². The Morgan fingerprint density at radius 3 is 1.97 bits per heavy atom. The summed E-state index contributed by atoms with van der Waals surface area (Å²) in [5.41, 5.74) is 1.16. The SMILES string of the molecule is Cc1ccc(OC(F)(F)COc2ccc(OCCCc3ccc(C)c(F)c3F)c(F)c2F)cc1. The van der Waals surface area contributed by atoms with E-state index < -0.39 is 47.5 Å². The van der Waals surface area contributed by atoms with E-state index >= 15 is 0 Å². The molecule has 0 aliphatic carbocycles. The van der Waals surface area contributed by atoms with Crippen LogP contribution in [0.2, 0.25) is 0 Å². The largest absolute Gasteiger partial charge is 0.490 e. The van der Waals surface area contributed by atoms with Gasteiger partial charge < -0.3 is 14.2 Å². The van der Waals surface area contributed by atoms with Gasteiger partial charge in [-0.15, -0.1) is 0 Å². The number of aryl methyl sites for hydroxylation is 3. The minimum Gasteiger partial charge on any atom is -0.490 e. The molecule has 0 saturated heterocycles. The van der Waals surface area contributed by atoms with Crippen LogP contribution in [0.25, 0.3) is 0 Å². The molecule has 0 saturated carbocycles. The van der Waals surface area contributed by atoms with Crippen molar-refractivity contribution in [2.24, 2.45) is 0 Å². The average Bonchev–Trinajstić information content (AvgIpc) is 2.80. The lowest BCUT2D eigenvalue weighted by Crippen LogP contribution is -2.32. The summed E-state index contributed by atoms with van der Waals surface area (Å²) in [6.07, 6.45) is -3.48. The number of ether oxygens (including phenoxy) is 3. The summed E-state index contributed by atoms with van der Waals surface area (Å²) in [6, 6.07) is 10.7. The molecule has 0 unspecified atom stereocenters.